The SMILES string of the molecule is CN(C(=O)CCNC(=O)Nc1ccccc1)c1ccc(Br)cc1Cl. The molecule has 0 radical (unpaired) electrons. The van der Waals surface area contributed by atoms with E-state index >= 15 is 0 Å². The highest BCUT2D eigenvalue weighted by Crippen LogP contribution is 2.28. The van der Waals surface area contributed by atoms with E-state index in [0.717, 1.165) is 4.47 Å². The number of benzene rings is 2. The molecule has 5 nitrogen and oxygen atoms in total. The van der Waals surface area contributed by atoms with Crippen LogP contribution in [-0.2, 0) is 4.79 Å². The van der Waals surface area contributed by atoms with E-state index in [1.807, 2.05) is 24.3 Å². The van der Waals surface area contributed by atoms with Crippen LogP contribution in [0.15, 0.2) is 53.0 Å². The smallest absolute Gasteiger partial charge is 0.319 e. The Morgan fingerprint density at radius 2 is 1.88 bits per heavy atom. The zero-order valence-corrected chi connectivity index (χ0v) is 15.4. The Hall–Kier alpha value is -2.05. The quantitative estimate of drug-likeness (QED) is 0.773. The molecule has 0 aliphatic carbocycles. The molecule has 0 fully saturated rings. The minimum Gasteiger partial charge on any atom is -0.337 e. The number of halogens is 2. The van der Waals surface area contributed by atoms with Crippen LogP contribution >= 0.6 is 27.5 Å². The van der Waals surface area contributed by atoms with Gasteiger partial charge in [-0.2, -0.15) is 0 Å². The van der Waals surface area contributed by atoms with Gasteiger partial charge in [-0.05, 0) is 30.3 Å². The third-order valence-corrected chi connectivity index (χ3v) is 4.10. The van der Waals surface area contributed by atoms with Gasteiger partial charge in [-0.25, -0.2) is 4.79 Å². The topological polar surface area (TPSA) is 61.4 Å². The summed E-state index contributed by atoms with van der Waals surface area (Å²) in [5.74, 6) is -0.140. The Bertz CT molecular complexity index is 725. The molecule has 0 saturated carbocycles. The van der Waals surface area contributed by atoms with Gasteiger partial charge < -0.3 is 15.5 Å². The third kappa shape index (κ3) is 5.25. The predicted octanol–water partition coefficient (Wildman–Crippen LogP) is 4.28. The Morgan fingerprint density at radius 3 is 2.54 bits per heavy atom. The zero-order valence-electron chi connectivity index (χ0n) is 13.1. The Morgan fingerprint density at radius 1 is 1.17 bits per heavy atom. The average molecular weight is 411 g/mol. The lowest BCUT2D eigenvalue weighted by molar-refractivity contribution is -0.118. The molecule has 126 valence electrons. The van der Waals surface area contributed by atoms with Crippen molar-refractivity contribution in [3.63, 3.8) is 0 Å². The summed E-state index contributed by atoms with van der Waals surface area (Å²) in [6.07, 6.45) is 0.172. The number of anilines is 2. The molecule has 3 amide bonds. The minimum absolute atomic E-state index is 0.140. The van der Waals surface area contributed by atoms with Crippen molar-refractivity contribution in [2.24, 2.45) is 0 Å². The number of amides is 3. The normalized spacial score (nSPS) is 10.1. The van der Waals surface area contributed by atoms with E-state index in [-0.39, 0.29) is 24.9 Å². The molecule has 0 aliphatic heterocycles. The fraction of sp³-hybridized carbons (Fsp3) is 0.176. The van der Waals surface area contributed by atoms with E-state index < -0.39 is 0 Å². The van der Waals surface area contributed by atoms with Crippen LogP contribution in [0.2, 0.25) is 5.02 Å². The van der Waals surface area contributed by atoms with Crippen molar-refractivity contribution in [2.45, 2.75) is 6.42 Å². The minimum atomic E-state index is -0.349. The maximum absolute atomic E-state index is 12.2. The summed E-state index contributed by atoms with van der Waals surface area (Å²) < 4.78 is 0.844. The molecule has 2 rings (SSSR count). The van der Waals surface area contributed by atoms with Gasteiger partial charge in [0.2, 0.25) is 5.91 Å². The molecule has 2 aromatic rings. The number of urea groups is 1. The van der Waals surface area contributed by atoms with Crippen LogP contribution < -0.4 is 15.5 Å². The average Bonchev–Trinajstić information content (AvgIpc) is 2.55. The molecule has 0 aliphatic rings. The number of nitrogens with zero attached hydrogens (tertiary/aromatic N) is 1. The van der Waals surface area contributed by atoms with Gasteiger partial charge in [0, 0.05) is 30.2 Å². The predicted molar refractivity (Wildman–Crippen MR) is 101 cm³/mol. The van der Waals surface area contributed by atoms with E-state index in [1.54, 1.807) is 31.3 Å². The van der Waals surface area contributed by atoms with Gasteiger partial charge in [-0.15, -0.1) is 0 Å². The first-order valence-corrected chi connectivity index (χ1v) is 8.46. The molecule has 0 heterocycles. The van der Waals surface area contributed by atoms with Crippen molar-refractivity contribution in [3.05, 3.63) is 58.0 Å². The maximum atomic E-state index is 12.2. The van der Waals surface area contributed by atoms with E-state index in [2.05, 4.69) is 26.6 Å². The van der Waals surface area contributed by atoms with E-state index in [4.69, 9.17) is 11.6 Å². The lowest BCUT2D eigenvalue weighted by Gasteiger charge is -2.19. The second kappa shape index (κ2) is 8.70. The fourth-order valence-electron chi connectivity index (χ4n) is 2.04. The highest BCUT2D eigenvalue weighted by Gasteiger charge is 2.14. The molecular formula is C17H17BrClN3O2. The largest absolute Gasteiger partial charge is 0.337 e. The number of carbonyl (C=O) groups is 2. The summed E-state index contributed by atoms with van der Waals surface area (Å²) in [7, 11) is 1.65. The van der Waals surface area contributed by atoms with Crippen LogP contribution in [-0.4, -0.2) is 25.5 Å². The van der Waals surface area contributed by atoms with Crippen molar-refractivity contribution in [1.29, 1.82) is 0 Å². The van der Waals surface area contributed by atoms with E-state index in [0.29, 0.717) is 16.4 Å². The Kier molecular flexibility index (Phi) is 6.63. The van der Waals surface area contributed by atoms with Crippen LogP contribution in [0.5, 0.6) is 0 Å². The first-order chi connectivity index (χ1) is 11.5. The first-order valence-electron chi connectivity index (χ1n) is 7.29. The van der Waals surface area contributed by atoms with Crippen molar-refractivity contribution in [2.75, 3.05) is 23.8 Å². The Labute approximate surface area is 154 Å². The lowest BCUT2D eigenvalue weighted by atomic mass is 10.2. The van der Waals surface area contributed by atoms with Gasteiger partial charge >= 0.3 is 6.03 Å². The van der Waals surface area contributed by atoms with Crippen LogP contribution in [0, 0.1) is 0 Å². The fourth-order valence-corrected chi connectivity index (χ4v) is 2.84. The molecule has 0 atom stereocenters. The van der Waals surface area contributed by atoms with Gasteiger partial charge in [-0.3, -0.25) is 4.79 Å². The number of rotatable bonds is 5. The number of hydrogen-bond donors (Lipinski definition) is 2. The standard InChI is InChI=1S/C17H17BrClN3O2/c1-22(15-8-7-12(18)11-14(15)19)16(23)9-10-20-17(24)21-13-5-3-2-4-6-13/h2-8,11H,9-10H2,1H3,(H2,20,21,24). The molecule has 0 unspecified atom stereocenters. The van der Waals surface area contributed by atoms with Crippen molar-refractivity contribution in [1.82, 2.24) is 5.32 Å². The molecule has 24 heavy (non-hydrogen) atoms. The second-order valence-electron chi connectivity index (χ2n) is 5.05. The highest BCUT2D eigenvalue weighted by molar-refractivity contribution is 9.10. The molecule has 2 N–H and O–H groups in total. The molecule has 2 aromatic carbocycles. The van der Waals surface area contributed by atoms with Gasteiger partial charge in [0.1, 0.15) is 0 Å². The molecule has 7 heteroatoms. The molecule has 0 bridgehead atoms. The summed E-state index contributed by atoms with van der Waals surface area (Å²) in [6.45, 7) is 0.232. The van der Waals surface area contributed by atoms with Gasteiger partial charge in [0.05, 0.1) is 10.7 Å². The van der Waals surface area contributed by atoms with Crippen molar-refractivity contribution in [3.8, 4) is 0 Å². The number of nitrogens with one attached hydrogen (secondary N) is 2. The highest BCUT2D eigenvalue weighted by atomic mass is 79.9. The summed E-state index contributed by atoms with van der Waals surface area (Å²) in [5.41, 5.74) is 1.32. The molecule has 0 aromatic heterocycles. The molecule has 0 saturated heterocycles. The van der Waals surface area contributed by atoms with Crippen LogP contribution in [0.1, 0.15) is 6.42 Å². The third-order valence-electron chi connectivity index (χ3n) is 3.30. The number of carbonyl (C=O) groups excluding carboxylic acids is 2. The molecule has 0 spiro atoms. The Balaban J connectivity index is 1.81. The summed E-state index contributed by atoms with van der Waals surface area (Å²) in [6, 6.07) is 14.1. The van der Waals surface area contributed by atoms with Crippen LogP contribution in [0.3, 0.4) is 0 Å². The molecular weight excluding hydrogens is 394 g/mol. The zero-order chi connectivity index (χ0) is 17.5. The number of para-hydroxylation sites is 1. The first kappa shape index (κ1) is 18.3. The summed E-state index contributed by atoms with van der Waals surface area (Å²) in [4.78, 5) is 25.4. The summed E-state index contributed by atoms with van der Waals surface area (Å²) in [5, 5.41) is 5.83. The second-order valence-corrected chi connectivity index (χ2v) is 6.37. The maximum Gasteiger partial charge on any atom is 0.319 e. The monoisotopic (exact) mass is 409 g/mol. The van der Waals surface area contributed by atoms with E-state index in [9.17, 15) is 9.59 Å². The van der Waals surface area contributed by atoms with Crippen molar-refractivity contribution < 1.29 is 9.59 Å². The lowest BCUT2D eigenvalue weighted by Crippen LogP contribution is -2.34. The van der Waals surface area contributed by atoms with E-state index in [1.165, 1.54) is 4.90 Å². The summed E-state index contributed by atoms with van der Waals surface area (Å²) >= 11 is 9.46. The van der Waals surface area contributed by atoms with Gasteiger partial charge in [0.15, 0.2) is 0 Å². The number of hydrogen-bond acceptors (Lipinski definition) is 2. The van der Waals surface area contributed by atoms with Crippen LogP contribution in [0.4, 0.5) is 16.2 Å². The van der Waals surface area contributed by atoms with Gasteiger partial charge in [-0.1, -0.05) is 45.7 Å². The van der Waals surface area contributed by atoms with Gasteiger partial charge in [0.25, 0.3) is 0 Å². The van der Waals surface area contributed by atoms with Crippen molar-refractivity contribution >= 4 is 50.8 Å². The van der Waals surface area contributed by atoms with Crippen LogP contribution in [0.25, 0.3) is 0 Å².